The molecule has 0 saturated carbocycles. The Morgan fingerprint density at radius 2 is 1.39 bits per heavy atom. The van der Waals surface area contributed by atoms with Gasteiger partial charge in [-0.3, -0.25) is 5.10 Å². The molecule has 0 unspecified atom stereocenters. The number of nitrogens with one attached hydrogen (secondary N) is 1. The Hall–Kier alpha value is -2.82. The summed E-state index contributed by atoms with van der Waals surface area (Å²) in [6.07, 6.45) is 0. The van der Waals surface area contributed by atoms with Crippen molar-refractivity contribution < 1.29 is 9.47 Å². The van der Waals surface area contributed by atoms with Crippen LogP contribution in [0.5, 0.6) is 11.5 Å². The standard InChI is InChI=1S/C18H19N3O2/c1-3-22-15-11-7-5-9-13(15)17-19-18(21-20-17)14-10-6-8-12-16(14)23-4-2/h5-12H,3-4H2,1-2H3,(H,19,20,21). The maximum atomic E-state index is 5.66. The van der Waals surface area contributed by atoms with Crippen molar-refractivity contribution in [3.63, 3.8) is 0 Å². The van der Waals surface area contributed by atoms with Crippen LogP contribution < -0.4 is 9.47 Å². The van der Waals surface area contributed by atoms with Crippen molar-refractivity contribution in [3.05, 3.63) is 48.5 Å². The second kappa shape index (κ2) is 6.96. The number of hydrogen-bond acceptors (Lipinski definition) is 4. The molecule has 23 heavy (non-hydrogen) atoms. The van der Waals surface area contributed by atoms with Crippen LogP contribution >= 0.6 is 0 Å². The van der Waals surface area contributed by atoms with E-state index in [1.807, 2.05) is 62.4 Å². The lowest BCUT2D eigenvalue weighted by atomic mass is 10.2. The largest absolute Gasteiger partial charge is 0.493 e. The molecule has 3 rings (SSSR count). The van der Waals surface area contributed by atoms with Crippen LogP contribution in [0.3, 0.4) is 0 Å². The number of H-pyrrole nitrogens is 1. The highest BCUT2D eigenvalue weighted by atomic mass is 16.5. The highest BCUT2D eigenvalue weighted by Crippen LogP contribution is 2.31. The molecular formula is C18H19N3O2. The van der Waals surface area contributed by atoms with Gasteiger partial charge < -0.3 is 9.47 Å². The van der Waals surface area contributed by atoms with Gasteiger partial charge in [0, 0.05) is 0 Å². The molecule has 0 fully saturated rings. The molecule has 0 aliphatic carbocycles. The zero-order valence-corrected chi connectivity index (χ0v) is 13.2. The van der Waals surface area contributed by atoms with E-state index in [9.17, 15) is 0 Å². The Balaban J connectivity index is 1.99. The van der Waals surface area contributed by atoms with E-state index in [4.69, 9.17) is 9.47 Å². The molecule has 0 bridgehead atoms. The van der Waals surface area contributed by atoms with Gasteiger partial charge in [-0.1, -0.05) is 24.3 Å². The predicted molar refractivity (Wildman–Crippen MR) is 89.6 cm³/mol. The maximum absolute atomic E-state index is 5.66. The van der Waals surface area contributed by atoms with E-state index in [2.05, 4.69) is 15.2 Å². The van der Waals surface area contributed by atoms with Gasteiger partial charge in [0.2, 0.25) is 0 Å². The minimum atomic E-state index is 0.599. The van der Waals surface area contributed by atoms with E-state index in [-0.39, 0.29) is 0 Å². The van der Waals surface area contributed by atoms with Crippen LogP contribution in [0.2, 0.25) is 0 Å². The Kier molecular flexibility index (Phi) is 4.57. The average Bonchev–Trinajstić information content (AvgIpc) is 3.06. The summed E-state index contributed by atoms with van der Waals surface area (Å²) in [6.45, 7) is 5.12. The van der Waals surface area contributed by atoms with E-state index < -0.39 is 0 Å². The average molecular weight is 309 g/mol. The van der Waals surface area contributed by atoms with E-state index in [0.717, 1.165) is 22.6 Å². The monoisotopic (exact) mass is 309 g/mol. The molecule has 2 aromatic carbocycles. The highest BCUT2D eigenvalue weighted by molar-refractivity contribution is 5.69. The lowest BCUT2D eigenvalue weighted by Gasteiger charge is -2.07. The smallest absolute Gasteiger partial charge is 0.185 e. The molecule has 5 heteroatoms. The molecular weight excluding hydrogens is 290 g/mol. The molecule has 0 amide bonds. The third-order valence-electron chi connectivity index (χ3n) is 3.36. The minimum absolute atomic E-state index is 0.599. The van der Waals surface area contributed by atoms with Crippen LogP contribution in [-0.4, -0.2) is 28.4 Å². The van der Waals surface area contributed by atoms with Gasteiger partial charge in [-0.25, -0.2) is 4.98 Å². The van der Waals surface area contributed by atoms with Gasteiger partial charge in [-0.2, -0.15) is 5.10 Å². The second-order valence-corrected chi connectivity index (χ2v) is 4.87. The van der Waals surface area contributed by atoms with Gasteiger partial charge in [0.15, 0.2) is 11.6 Å². The molecule has 5 nitrogen and oxygen atoms in total. The van der Waals surface area contributed by atoms with E-state index >= 15 is 0 Å². The summed E-state index contributed by atoms with van der Waals surface area (Å²) in [5.41, 5.74) is 1.76. The van der Waals surface area contributed by atoms with Gasteiger partial charge in [0.25, 0.3) is 0 Å². The third kappa shape index (κ3) is 3.18. The zero-order chi connectivity index (χ0) is 16.1. The first-order valence-corrected chi connectivity index (χ1v) is 7.70. The van der Waals surface area contributed by atoms with Gasteiger partial charge in [0.1, 0.15) is 11.5 Å². The first kappa shape index (κ1) is 15.1. The van der Waals surface area contributed by atoms with Crippen LogP contribution in [0.15, 0.2) is 48.5 Å². The molecule has 1 N–H and O–H groups in total. The minimum Gasteiger partial charge on any atom is -0.493 e. The maximum Gasteiger partial charge on any atom is 0.185 e. The number of hydrogen-bond donors (Lipinski definition) is 1. The lowest BCUT2D eigenvalue weighted by molar-refractivity contribution is 0.341. The van der Waals surface area contributed by atoms with E-state index in [0.29, 0.717) is 24.9 Å². The highest BCUT2D eigenvalue weighted by Gasteiger charge is 2.14. The van der Waals surface area contributed by atoms with Gasteiger partial charge in [0.05, 0.1) is 24.3 Å². The van der Waals surface area contributed by atoms with Crippen LogP contribution in [0, 0.1) is 0 Å². The van der Waals surface area contributed by atoms with Crippen molar-refractivity contribution in [1.29, 1.82) is 0 Å². The summed E-state index contributed by atoms with van der Waals surface area (Å²) >= 11 is 0. The Morgan fingerprint density at radius 1 is 0.826 bits per heavy atom. The SMILES string of the molecule is CCOc1ccccc1-c1n[nH]c(-c2ccccc2OCC)n1. The number of aromatic nitrogens is 3. The van der Waals surface area contributed by atoms with E-state index in [1.54, 1.807) is 0 Å². The summed E-state index contributed by atoms with van der Waals surface area (Å²) in [4.78, 5) is 4.61. The predicted octanol–water partition coefficient (Wildman–Crippen LogP) is 3.94. The van der Waals surface area contributed by atoms with E-state index in [1.165, 1.54) is 0 Å². The van der Waals surface area contributed by atoms with Crippen molar-refractivity contribution in [1.82, 2.24) is 15.2 Å². The second-order valence-electron chi connectivity index (χ2n) is 4.87. The molecule has 0 saturated heterocycles. The normalized spacial score (nSPS) is 10.5. The van der Waals surface area contributed by atoms with Gasteiger partial charge >= 0.3 is 0 Å². The molecule has 0 aliphatic rings. The van der Waals surface area contributed by atoms with Crippen LogP contribution in [-0.2, 0) is 0 Å². The topological polar surface area (TPSA) is 60.0 Å². The molecule has 1 aromatic heterocycles. The zero-order valence-electron chi connectivity index (χ0n) is 13.2. The molecule has 3 aromatic rings. The number of para-hydroxylation sites is 2. The number of nitrogens with zero attached hydrogens (tertiary/aromatic N) is 2. The fourth-order valence-electron chi connectivity index (χ4n) is 2.38. The number of aromatic amines is 1. The van der Waals surface area contributed by atoms with Crippen molar-refractivity contribution in [2.75, 3.05) is 13.2 Å². The summed E-state index contributed by atoms with van der Waals surface area (Å²) in [7, 11) is 0. The molecule has 0 spiro atoms. The number of ether oxygens (including phenoxy) is 2. The molecule has 0 aliphatic heterocycles. The van der Waals surface area contributed by atoms with Crippen molar-refractivity contribution in [2.45, 2.75) is 13.8 Å². The first-order chi connectivity index (χ1) is 11.3. The van der Waals surface area contributed by atoms with Crippen LogP contribution in [0.4, 0.5) is 0 Å². The fraction of sp³-hybridized carbons (Fsp3) is 0.222. The molecule has 1 heterocycles. The summed E-state index contributed by atoms with van der Waals surface area (Å²) in [5.74, 6) is 2.85. The van der Waals surface area contributed by atoms with Crippen LogP contribution in [0.1, 0.15) is 13.8 Å². The van der Waals surface area contributed by atoms with Gasteiger partial charge in [-0.15, -0.1) is 0 Å². The van der Waals surface area contributed by atoms with Gasteiger partial charge in [-0.05, 0) is 38.1 Å². The first-order valence-electron chi connectivity index (χ1n) is 7.70. The summed E-state index contributed by atoms with van der Waals surface area (Å²) < 4.78 is 11.3. The number of benzene rings is 2. The quantitative estimate of drug-likeness (QED) is 0.749. The molecule has 0 radical (unpaired) electrons. The summed E-state index contributed by atoms with van der Waals surface area (Å²) in [6, 6.07) is 15.5. The van der Waals surface area contributed by atoms with Crippen LogP contribution in [0.25, 0.3) is 22.8 Å². The van der Waals surface area contributed by atoms with Crippen molar-refractivity contribution in [2.24, 2.45) is 0 Å². The Morgan fingerprint density at radius 3 is 2.04 bits per heavy atom. The number of rotatable bonds is 6. The molecule has 118 valence electrons. The third-order valence-corrected chi connectivity index (χ3v) is 3.36. The lowest BCUT2D eigenvalue weighted by Crippen LogP contribution is -1.95. The van der Waals surface area contributed by atoms with Crippen molar-refractivity contribution in [3.8, 4) is 34.3 Å². The van der Waals surface area contributed by atoms with Crippen molar-refractivity contribution >= 4 is 0 Å². The Bertz CT molecular complexity index is 719. The Labute approximate surface area is 135 Å². The molecule has 0 atom stereocenters. The summed E-state index contributed by atoms with van der Waals surface area (Å²) in [5, 5.41) is 7.33. The fourth-order valence-corrected chi connectivity index (χ4v) is 2.38.